The Hall–Kier alpha value is -2.50. The van der Waals surface area contributed by atoms with E-state index in [4.69, 9.17) is 27.6 Å². The topological polar surface area (TPSA) is 62.6 Å². The van der Waals surface area contributed by atoms with Gasteiger partial charge in [0.2, 0.25) is 0 Å². The van der Waals surface area contributed by atoms with Gasteiger partial charge in [-0.3, -0.25) is 9.69 Å². The number of hydrogen-bond donors (Lipinski definition) is 1. The molecule has 7 heteroatoms. The number of benzene rings is 1. The number of imide groups is 1. The molecule has 122 valence electrons. The number of carbonyl (C=O) groups is 2. The molecule has 1 aliphatic heterocycles. The third-order valence-corrected chi connectivity index (χ3v) is 3.93. The van der Waals surface area contributed by atoms with E-state index in [2.05, 4.69) is 11.9 Å². The molecule has 1 aromatic heterocycles. The van der Waals surface area contributed by atoms with Crippen LogP contribution in [0.25, 0.3) is 17.4 Å². The van der Waals surface area contributed by atoms with Gasteiger partial charge in [0.1, 0.15) is 17.2 Å². The van der Waals surface area contributed by atoms with Crippen LogP contribution in [0.4, 0.5) is 4.79 Å². The number of urea groups is 1. The second kappa shape index (κ2) is 6.55. The van der Waals surface area contributed by atoms with Gasteiger partial charge in [-0.2, -0.15) is 0 Å². The fraction of sp³-hybridized carbons (Fsp3) is 0.0588. The van der Waals surface area contributed by atoms with Gasteiger partial charge in [0.05, 0.1) is 5.02 Å². The second-order valence-electron chi connectivity index (χ2n) is 5.02. The highest BCUT2D eigenvalue weighted by Crippen LogP contribution is 2.32. The SMILES string of the molecule is C=CCN1C(=O)N/C(=C\c2ccc(-c3ccc(Cl)cc3Cl)o2)C1=O. The molecule has 2 heterocycles. The van der Waals surface area contributed by atoms with Crippen molar-refractivity contribution >= 4 is 41.2 Å². The molecule has 0 aliphatic carbocycles. The quantitative estimate of drug-likeness (QED) is 0.500. The summed E-state index contributed by atoms with van der Waals surface area (Å²) >= 11 is 12.0. The molecule has 0 atom stereocenters. The molecule has 2 aromatic rings. The summed E-state index contributed by atoms with van der Waals surface area (Å²) in [7, 11) is 0. The van der Waals surface area contributed by atoms with Crippen LogP contribution in [-0.2, 0) is 4.79 Å². The highest BCUT2D eigenvalue weighted by Gasteiger charge is 2.32. The lowest BCUT2D eigenvalue weighted by Gasteiger charge is -2.06. The molecule has 0 spiro atoms. The Labute approximate surface area is 148 Å². The van der Waals surface area contributed by atoms with Crippen LogP contribution in [0.5, 0.6) is 0 Å². The molecule has 0 saturated carbocycles. The maximum Gasteiger partial charge on any atom is 0.329 e. The molecule has 1 N–H and O–H groups in total. The lowest BCUT2D eigenvalue weighted by atomic mass is 10.2. The number of rotatable bonds is 4. The second-order valence-corrected chi connectivity index (χ2v) is 5.86. The van der Waals surface area contributed by atoms with Crippen LogP contribution in [0.1, 0.15) is 5.76 Å². The van der Waals surface area contributed by atoms with Gasteiger partial charge >= 0.3 is 6.03 Å². The number of amides is 3. The van der Waals surface area contributed by atoms with Crippen molar-refractivity contribution in [3.63, 3.8) is 0 Å². The summed E-state index contributed by atoms with van der Waals surface area (Å²) in [5.74, 6) is 0.519. The summed E-state index contributed by atoms with van der Waals surface area (Å²) in [5.41, 5.74) is 0.825. The number of furan rings is 1. The Morgan fingerprint density at radius 3 is 2.71 bits per heavy atom. The highest BCUT2D eigenvalue weighted by molar-refractivity contribution is 6.36. The molecule has 0 unspecified atom stereocenters. The lowest BCUT2D eigenvalue weighted by Crippen LogP contribution is -2.30. The van der Waals surface area contributed by atoms with Crippen LogP contribution in [-0.4, -0.2) is 23.4 Å². The average Bonchev–Trinajstić information content (AvgIpc) is 3.08. The van der Waals surface area contributed by atoms with Crippen LogP contribution in [0.15, 0.2) is 53.1 Å². The van der Waals surface area contributed by atoms with Crippen LogP contribution in [0.2, 0.25) is 10.0 Å². The zero-order chi connectivity index (χ0) is 17.3. The first-order valence-corrected chi connectivity index (χ1v) is 7.76. The van der Waals surface area contributed by atoms with Crippen LogP contribution in [0.3, 0.4) is 0 Å². The van der Waals surface area contributed by atoms with Crippen LogP contribution < -0.4 is 5.32 Å². The third kappa shape index (κ3) is 3.09. The van der Waals surface area contributed by atoms with Crippen LogP contribution >= 0.6 is 23.2 Å². The van der Waals surface area contributed by atoms with Crippen molar-refractivity contribution in [2.45, 2.75) is 0 Å². The number of halogens is 2. The van der Waals surface area contributed by atoms with Crippen molar-refractivity contribution < 1.29 is 14.0 Å². The van der Waals surface area contributed by atoms with E-state index in [1.54, 1.807) is 30.3 Å². The molecule has 1 aliphatic rings. The summed E-state index contributed by atoms with van der Waals surface area (Å²) < 4.78 is 5.68. The minimum Gasteiger partial charge on any atom is -0.457 e. The van der Waals surface area contributed by atoms with E-state index >= 15 is 0 Å². The summed E-state index contributed by atoms with van der Waals surface area (Å²) in [4.78, 5) is 24.9. The molecule has 24 heavy (non-hydrogen) atoms. The number of carbonyl (C=O) groups excluding carboxylic acids is 2. The van der Waals surface area contributed by atoms with E-state index in [9.17, 15) is 9.59 Å². The average molecular weight is 363 g/mol. The predicted octanol–water partition coefficient (Wildman–Crippen LogP) is 4.33. The Morgan fingerprint density at radius 1 is 1.21 bits per heavy atom. The first kappa shape index (κ1) is 16.4. The van der Waals surface area contributed by atoms with Gasteiger partial charge < -0.3 is 9.73 Å². The highest BCUT2D eigenvalue weighted by atomic mass is 35.5. The van der Waals surface area contributed by atoms with E-state index in [0.29, 0.717) is 27.1 Å². The molecular weight excluding hydrogens is 351 g/mol. The largest absolute Gasteiger partial charge is 0.457 e. The Bertz CT molecular complexity index is 870. The summed E-state index contributed by atoms with van der Waals surface area (Å²) in [6.07, 6.45) is 2.95. The van der Waals surface area contributed by atoms with Gasteiger partial charge in [0.15, 0.2) is 0 Å². The van der Waals surface area contributed by atoms with Crippen LogP contribution in [0, 0.1) is 0 Å². The lowest BCUT2D eigenvalue weighted by molar-refractivity contribution is -0.122. The monoisotopic (exact) mass is 362 g/mol. The molecular formula is C17H12Cl2N2O3. The van der Waals surface area contributed by atoms with Crippen molar-refractivity contribution in [3.8, 4) is 11.3 Å². The van der Waals surface area contributed by atoms with E-state index in [-0.39, 0.29) is 12.2 Å². The number of hydrogen-bond acceptors (Lipinski definition) is 3. The summed E-state index contributed by atoms with van der Waals surface area (Å²) in [5, 5.41) is 3.49. The van der Waals surface area contributed by atoms with Crippen molar-refractivity contribution in [1.29, 1.82) is 0 Å². The predicted molar refractivity (Wildman–Crippen MR) is 92.6 cm³/mol. The Morgan fingerprint density at radius 2 is 2.00 bits per heavy atom. The van der Waals surface area contributed by atoms with Crippen molar-refractivity contribution in [1.82, 2.24) is 10.2 Å². The van der Waals surface area contributed by atoms with Crippen molar-refractivity contribution in [2.75, 3.05) is 6.54 Å². The molecule has 0 bridgehead atoms. The molecule has 1 aromatic carbocycles. The zero-order valence-corrected chi connectivity index (χ0v) is 13.9. The van der Waals surface area contributed by atoms with E-state index in [1.165, 1.54) is 12.2 Å². The minimum absolute atomic E-state index is 0.143. The molecule has 0 radical (unpaired) electrons. The first-order valence-electron chi connectivity index (χ1n) is 7.00. The van der Waals surface area contributed by atoms with Gasteiger partial charge in [-0.15, -0.1) is 6.58 Å². The summed E-state index contributed by atoms with van der Waals surface area (Å²) in [6.45, 7) is 3.66. The molecule has 1 fully saturated rings. The van der Waals surface area contributed by atoms with Gasteiger partial charge in [0.25, 0.3) is 5.91 Å². The van der Waals surface area contributed by atoms with E-state index < -0.39 is 11.9 Å². The maximum absolute atomic E-state index is 12.1. The zero-order valence-electron chi connectivity index (χ0n) is 12.4. The Kier molecular flexibility index (Phi) is 4.46. The fourth-order valence-corrected chi connectivity index (χ4v) is 2.77. The fourth-order valence-electron chi connectivity index (χ4n) is 2.27. The summed E-state index contributed by atoms with van der Waals surface area (Å²) in [6, 6.07) is 7.99. The molecule has 5 nitrogen and oxygen atoms in total. The Balaban J connectivity index is 1.88. The van der Waals surface area contributed by atoms with Gasteiger partial charge in [0, 0.05) is 23.2 Å². The molecule has 3 rings (SSSR count). The standard InChI is InChI=1S/C17H12Cl2N2O3/c1-2-7-21-16(22)14(20-17(21)23)9-11-4-6-15(24-11)12-5-3-10(18)8-13(12)19/h2-6,8-9H,1,7H2,(H,20,23)/b14-9-. The van der Waals surface area contributed by atoms with Gasteiger partial charge in [-0.05, 0) is 30.3 Å². The third-order valence-electron chi connectivity index (χ3n) is 3.38. The molecule has 1 saturated heterocycles. The van der Waals surface area contributed by atoms with Gasteiger partial charge in [-0.1, -0.05) is 29.3 Å². The molecule has 3 amide bonds. The first-order chi connectivity index (χ1) is 11.5. The van der Waals surface area contributed by atoms with Crippen molar-refractivity contribution in [2.24, 2.45) is 0 Å². The smallest absolute Gasteiger partial charge is 0.329 e. The van der Waals surface area contributed by atoms with E-state index in [1.807, 2.05) is 0 Å². The number of nitrogens with one attached hydrogen (secondary N) is 1. The normalized spacial score (nSPS) is 15.9. The van der Waals surface area contributed by atoms with Crippen molar-refractivity contribution in [3.05, 3.63) is 64.5 Å². The number of nitrogens with zero attached hydrogens (tertiary/aromatic N) is 1. The minimum atomic E-state index is -0.487. The van der Waals surface area contributed by atoms with Gasteiger partial charge in [-0.25, -0.2) is 4.79 Å². The van der Waals surface area contributed by atoms with E-state index in [0.717, 1.165) is 4.90 Å². The maximum atomic E-state index is 12.1.